The Bertz CT molecular complexity index is 347. The van der Waals surface area contributed by atoms with Crippen LogP contribution < -0.4 is 10.6 Å². The van der Waals surface area contributed by atoms with E-state index in [4.69, 9.17) is 5.11 Å². The van der Waals surface area contributed by atoms with Gasteiger partial charge in [0.15, 0.2) is 0 Å². The van der Waals surface area contributed by atoms with Gasteiger partial charge in [-0.25, -0.2) is 0 Å². The van der Waals surface area contributed by atoms with Gasteiger partial charge < -0.3 is 15.7 Å². The highest BCUT2D eigenvalue weighted by Crippen LogP contribution is 2.10. The van der Waals surface area contributed by atoms with E-state index in [9.17, 15) is 4.79 Å². The highest BCUT2D eigenvalue weighted by molar-refractivity contribution is 5.94. The lowest BCUT2D eigenvalue weighted by Crippen LogP contribution is -2.26. The van der Waals surface area contributed by atoms with Crippen LogP contribution in [-0.4, -0.2) is 30.7 Å². The van der Waals surface area contributed by atoms with Crippen molar-refractivity contribution in [1.82, 2.24) is 5.32 Å². The molecule has 1 amide bonds. The van der Waals surface area contributed by atoms with Gasteiger partial charge in [0, 0.05) is 24.3 Å². The molecule has 0 saturated heterocycles. The quantitative estimate of drug-likeness (QED) is 0.701. The second-order valence-electron chi connectivity index (χ2n) is 4.33. The van der Waals surface area contributed by atoms with Gasteiger partial charge in [0.1, 0.15) is 0 Å². The number of amides is 1. The highest BCUT2D eigenvalue weighted by atomic mass is 16.3. The van der Waals surface area contributed by atoms with Gasteiger partial charge in [0.2, 0.25) is 0 Å². The van der Waals surface area contributed by atoms with E-state index in [0.29, 0.717) is 11.5 Å². The van der Waals surface area contributed by atoms with Crippen LogP contribution in [0.1, 0.15) is 24.2 Å². The molecule has 0 aliphatic heterocycles. The summed E-state index contributed by atoms with van der Waals surface area (Å²) in [6, 6.07) is 7.32. The molecule has 94 valence electrons. The molecule has 0 aliphatic rings. The van der Waals surface area contributed by atoms with E-state index in [1.165, 1.54) is 0 Å². The summed E-state index contributed by atoms with van der Waals surface area (Å²) in [6.07, 6.45) is 0. The number of aliphatic hydroxyl groups excluding tert-OH is 1. The second kappa shape index (κ2) is 6.91. The van der Waals surface area contributed by atoms with Crippen LogP contribution in [0, 0.1) is 5.92 Å². The molecule has 17 heavy (non-hydrogen) atoms. The van der Waals surface area contributed by atoms with Gasteiger partial charge in [-0.15, -0.1) is 0 Å². The number of hydrogen-bond acceptors (Lipinski definition) is 3. The van der Waals surface area contributed by atoms with Crippen molar-refractivity contribution < 1.29 is 9.90 Å². The lowest BCUT2D eigenvalue weighted by Gasteiger charge is -2.09. The zero-order chi connectivity index (χ0) is 12.7. The van der Waals surface area contributed by atoms with Crippen molar-refractivity contribution >= 4 is 11.6 Å². The number of benzene rings is 1. The Balaban J connectivity index is 2.52. The Morgan fingerprint density at radius 3 is 2.47 bits per heavy atom. The van der Waals surface area contributed by atoms with Crippen LogP contribution in [0.5, 0.6) is 0 Å². The van der Waals surface area contributed by atoms with Gasteiger partial charge in [-0.05, 0) is 30.2 Å². The lowest BCUT2D eigenvalue weighted by atomic mass is 10.1. The average molecular weight is 236 g/mol. The van der Waals surface area contributed by atoms with Gasteiger partial charge >= 0.3 is 0 Å². The molecule has 0 aliphatic carbocycles. The van der Waals surface area contributed by atoms with Crippen molar-refractivity contribution in [2.45, 2.75) is 13.8 Å². The first-order valence-electron chi connectivity index (χ1n) is 5.86. The fourth-order valence-corrected chi connectivity index (χ4v) is 1.33. The molecule has 0 saturated carbocycles. The third kappa shape index (κ3) is 4.87. The molecule has 0 spiro atoms. The average Bonchev–Trinajstić information content (AvgIpc) is 2.34. The topological polar surface area (TPSA) is 61.4 Å². The monoisotopic (exact) mass is 236 g/mol. The number of carbonyl (C=O) groups is 1. The minimum Gasteiger partial charge on any atom is -0.395 e. The lowest BCUT2D eigenvalue weighted by molar-refractivity contribution is 0.0945. The number of aliphatic hydroxyl groups is 1. The molecule has 0 heterocycles. The van der Waals surface area contributed by atoms with Crippen molar-refractivity contribution in [3.05, 3.63) is 29.8 Å². The van der Waals surface area contributed by atoms with E-state index in [1.807, 2.05) is 12.1 Å². The van der Waals surface area contributed by atoms with Crippen LogP contribution in [0.4, 0.5) is 5.69 Å². The third-order valence-electron chi connectivity index (χ3n) is 2.26. The van der Waals surface area contributed by atoms with E-state index in [2.05, 4.69) is 24.5 Å². The molecule has 0 atom stereocenters. The molecule has 4 nitrogen and oxygen atoms in total. The minimum absolute atomic E-state index is 0.0419. The maximum absolute atomic E-state index is 11.5. The van der Waals surface area contributed by atoms with E-state index in [0.717, 1.165) is 12.2 Å². The summed E-state index contributed by atoms with van der Waals surface area (Å²) in [5.74, 6) is 0.428. The van der Waals surface area contributed by atoms with Crippen molar-refractivity contribution in [1.29, 1.82) is 0 Å². The summed E-state index contributed by atoms with van der Waals surface area (Å²) < 4.78 is 0. The van der Waals surface area contributed by atoms with Crippen LogP contribution in [-0.2, 0) is 0 Å². The maximum Gasteiger partial charge on any atom is 0.251 e. The SMILES string of the molecule is CC(C)CNc1ccc(C(=O)NCCO)cc1. The van der Waals surface area contributed by atoms with Crippen molar-refractivity contribution in [3.8, 4) is 0 Å². The number of nitrogens with one attached hydrogen (secondary N) is 2. The van der Waals surface area contributed by atoms with Crippen LogP contribution in [0.2, 0.25) is 0 Å². The molecule has 1 aromatic carbocycles. The minimum atomic E-state index is -0.158. The van der Waals surface area contributed by atoms with Gasteiger partial charge in [-0.2, -0.15) is 0 Å². The summed E-state index contributed by atoms with van der Waals surface area (Å²) in [5, 5.41) is 14.5. The molecule has 1 aromatic rings. The molecule has 4 heteroatoms. The van der Waals surface area contributed by atoms with Crippen LogP contribution in [0.25, 0.3) is 0 Å². The largest absolute Gasteiger partial charge is 0.395 e. The van der Waals surface area contributed by atoms with Crippen LogP contribution in [0.15, 0.2) is 24.3 Å². The summed E-state index contributed by atoms with van der Waals surface area (Å²) in [5.41, 5.74) is 1.62. The Morgan fingerprint density at radius 1 is 1.29 bits per heavy atom. The Kier molecular flexibility index (Phi) is 5.49. The summed E-state index contributed by atoms with van der Waals surface area (Å²) >= 11 is 0. The Hall–Kier alpha value is -1.55. The van der Waals surface area contributed by atoms with Crippen LogP contribution in [0.3, 0.4) is 0 Å². The van der Waals surface area contributed by atoms with Gasteiger partial charge in [0.05, 0.1) is 6.61 Å². The summed E-state index contributed by atoms with van der Waals surface area (Å²) in [7, 11) is 0. The van der Waals surface area contributed by atoms with E-state index in [-0.39, 0.29) is 19.1 Å². The fourth-order valence-electron chi connectivity index (χ4n) is 1.33. The number of anilines is 1. The molecule has 0 fully saturated rings. The molecule has 0 bridgehead atoms. The number of hydrogen-bond donors (Lipinski definition) is 3. The van der Waals surface area contributed by atoms with Gasteiger partial charge in [0.25, 0.3) is 5.91 Å². The first-order valence-corrected chi connectivity index (χ1v) is 5.86. The molecule has 0 unspecified atom stereocenters. The third-order valence-corrected chi connectivity index (χ3v) is 2.26. The normalized spacial score (nSPS) is 10.4. The molecular formula is C13H20N2O2. The zero-order valence-electron chi connectivity index (χ0n) is 10.4. The molecular weight excluding hydrogens is 216 g/mol. The first kappa shape index (κ1) is 13.5. The van der Waals surface area contributed by atoms with E-state index < -0.39 is 0 Å². The Morgan fingerprint density at radius 2 is 1.94 bits per heavy atom. The molecule has 1 rings (SSSR count). The van der Waals surface area contributed by atoms with E-state index >= 15 is 0 Å². The van der Waals surface area contributed by atoms with Gasteiger partial charge in [-0.3, -0.25) is 4.79 Å². The highest BCUT2D eigenvalue weighted by Gasteiger charge is 2.04. The summed E-state index contributed by atoms with van der Waals surface area (Å²) in [4.78, 5) is 11.5. The van der Waals surface area contributed by atoms with Crippen molar-refractivity contribution in [3.63, 3.8) is 0 Å². The zero-order valence-corrected chi connectivity index (χ0v) is 10.4. The van der Waals surface area contributed by atoms with Gasteiger partial charge in [-0.1, -0.05) is 13.8 Å². The molecule has 0 radical (unpaired) electrons. The standard InChI is InChI=1S/C13H20N2O2/c1-10(2)9-15-12-5-3-11(4-6-12)13(17)14-7-8-16/h3-6,10,15-16H,7-9H2,1-2H3,(H,14,17). The number of rotatable bonds is 6. The van der Waals surface area contributed by atoms with Crippen LogP contribution >= 0.6 is 0 Å². The predicted molar refractivity (Wildman–Crippen MR) is 69.2 cm³/mol. The predicted octanol–water partition coefficient (Wildman–Crippen LogP) is 1.48. The molecule has 0 aromatic heterocycles. The van der Waals surface area contributed by atoms with Crippen molar-refractivity contribution in [2.75, 3.05) is 25.0 Å². The summed E-state index contributed by atoms with van der Waals surface area (Å²) in [6.45, 7) is 5.44. The Labute approximate surface area is 102 Å². The number of carbonyl (C=O) groups excluding carboxylic acids is 1. The fraction of sp³-hybridized carbons (Fsp3) is 0.462. The van der Waals surface area contributed by atoms with Crippen molar-refractivity contribution in [2.24, 2.45) is 5.92 Å². The second-order valence-corrected chi connectivity index (χ2v) is 4.33. The first-order chi connectivity index (χ1) is 8.13. The molecule has 3 N–H and O–H groups in total. The van der Waals surface area contributed by atoms with E-state index in [1.54, 1.807) is 12.1 Å². The smallest absolute Gasteiger partial charge is 0.251 e. The maximum atomic E-state index is 11.5.